The van der Waals surface area contributed by atoms with Crippen molar-refractivity contribution in [3.05, 3.63) is 35.9 Å². The van der Waals surface area contributed by atoms with Crippen LogP contribution in [0.2, 0.25) is 0 Å². The van der Waals surface area contributed by atoms with Crippen molar-refractivity contribution in [2.24, 2.45) is 0 Å². The largest absolute Gasteiger partial charge is 0.299 e. The van der Waals surface area contributed by atoms with Crippen molar-refractivity contribution < 1.29 is 5.21 Å². The van der Waals surface area contributed by atoms with Crippen LogP contribution in [0.5, 0.6) is 0 Å². The molecular formula is C8H12N2O. The molecule has 1 aromatic rings. The molecule has 0 radical (unpaired) electrons. The van der Waals surface area contributed by atoms with E-state index < -0.39 is 0 Å². The highest BCUT2D eigenvalue weighted by Gasteiger charge is 1.90. The van der Waals surface area contributed by atoms with Gasteiger partial charge in [-0.05, 0) is 5.56 Å². The number of benzene rings is 1. The number of hydrazine groups is 1. The highest BCUT2D eigenvalue weighted by atomic mass is 16.5. The fraction of sp³-hybridized carbons (Fsp3) is 0.250. The first-order valence-corrected chi connectivity index (χ1v) is 3.49. The molecule has 0 spiro atoms. The smallest absolute Gasteiger partial charge is 0.0375 e. The topological polar surface area (TPSA) is 35.5 Å². The van der Waals surface area contributed by atoms with E-state index in [1.165, 1.54) is 0 Å². The van der Waals surface area contributed by atoms with Crippen LogP contribution in [0.1, 0.15) is 5.56 Å². The second kappa shape index (κ2) is 4.08. The van der Waals surface area contributed by atoms with Crippen LogP contribution >= 0.6 is 0 Å². The summed E-state index contributed by atoms with van der Waals surface area (Å²) in [4.78, 5) is 0. The van der Waals surface area contributed by atoms with E-state index in [2.05, 4.69) is 5.43 Å². The second-order valence-corrected chi connectivity index (χ2v) is 2.34. The molecule has 3 heteroatoms. The number of hydrogen-bond donors (Lipinski definition) is 2. The molecule has 1 aromatic carbocycles. The minimum atomic E-state index is 0.647. The predicted octanol–water partition coefficient (Wildman–Crippen LogP) is 1.01. The van der Waals surface area contributed by atoms with Crippen molar-refractivity contribution in [2.45, 2.75) is 6.54 Å². The molecule has 0 amide bonds. The molecule has 2 N–H and O–H groups in total. The van der Waals surface area contributed by atoms with Gasteiger partial charge in [0, 0.05) is 13.6 Å². The van der Waals surface area contributed by atoms with Gasteiger partial charge in [0.1, 0.15) is 0 Å². The Morgan fingerprint density at radius 2 is 2.00 bits per heavy atom. The fourth-order valence-corrected chi connectivity index (χ4v) is 0.802. The zero-order valence-electron chi connectivity index (χ0n) is 6.49. The average Bonchev–Trinajstić information content (AvgIpc) is 2.03. The lowest BCUT2D eigenvalue weighted by atomic mass is 10.2. The van der Waals surface area contributed by atoms with Gasteiger partial charge in [-0.25, -0.2) is 5.43 Å². The maximum absolute atomic E-state index is 8.74. The predicted molar refractivity (Wildman–Crippen MR) is 42.8 cm³/mol. The third-order valence-corrected chi connectivity index (χ3v) is 1.35. The fourth-order valence-electron chi connectivity index (χ4n) is 0.802. The highest BCUT2D eigenvalue weighted by Crippen LogP contribution is 1.96. The van der Waals surface area contributed by atoms with Gasteiger partial charge in [-0.1, -0.05) is 30.3 Å². The Hall–Kier alpha value is -0.900. The maximum Gasteiger partial charge on any atom is 0.0375 e. The van der Waals surface area contributed by atoms with E-state index in [1.54, 1.807) is 7.05 Å². The molecule has 0 bridgehead atoms. The SMILES string of the molecule is CN(O)NCc1ccccc1. The molecule has 0 aliphatic carbocycles. The second-order valence-electron chi connectivity index (χ2n) is 2.34. The van der Waals surface area contributed by atoms with Crippen molar-refractivity contribution in [3.63, 3.8) is 0 Å². The number of hydroxylamine groups is 1. The highest BCUT2D eigenvalue weighted by molar-refractivity contribution is 5.13. The van der Waals surface area contributed by atoms with E-state index >= 15 is 0 Å². The third kappa shape index (κ3) is 3.13. The number of nitrogens with one attached hydrogen (secondary N) is 1. The lowest BCUT2D eigenvalue weighted by molar-refractivity contribution is -0.114. The van der Waals surface area contributed by atoms with Gasteiger partial charge in [0.05, 0.1) is 0 Å². The van der Waals surface area contributed by atoms with Crippen LogP contribution in [0.25, 0.3) is 0 Å². The van der Waals surface area contributed by atoms with Gasteiger partial charge in [-0.2, -0.15) is 0 Å². The Labute approximate surface area is 66.2 Å². The van der Waals surface area contributed by atoms with Crippen molar-refractivity contribution >= 4 is 0 Å². The van der Waals surface area contributed by atoms with Crippen LogP contribution in [0.15, 0.2) is 30.3 Å². The summed E-state index contributed by atoms with van der Waals surface area (Å²) in [6.45, 7) is 0.647. The molecule has 60 valence electrons. The minimum absolute atomic E-state index is 0.647. The Bertz CT molecular complexity index is 199. The van der Waals surface area contributed by atoms with Crippen molar-refractivity contribution in [1.29, 1.82) is 0 Å². The van der Waals surface area contributed by atoms with Crippen molar-refractivity contribution in [3.8, 4) is 0 Å². The first-order chi connectivity index (χ1) is 5.29. The van der Waals surface area contributed by atoms with Crippen LogP contribution in [0.3, 0.4) is 0 Å². The van der Waals surface area contributed by atoms with E-state index in [9.17, 15) is 0 Å². The summed E-state index contributed by atoms with van der Waals surface area (Å²) >= 11 is 0. The molecule has 0 heterocycles. The molecular weight excluding hydrogens is 140 g/mol. The van der Waals surface area contributed by atoms with Gasteiger partial charge in [0.2, 0.25) is 0 Å². The van der Waals surface area contributed by atoms with Crippen LogP contribution in [-0.4, -0.2) is 17.4 Å². The van der Waals surface area contributed by atoms with Crippen LogP contribution in [0, 0.1) is 0 Å². The van der Waals surface area contributed by atoms with Crippen LogP contribution in [0.4, 0.5) is 0 Å². The molecule has 11 heavy (non-hydrogen) atoms. The Morgan fingerprint density at radius 3 is 2.55 bits per heavy atom. The average molecular weight is 152 g/mol. The molecule has 0 aliphatic heterocycles. The van der Waals surface area contributed by atoms with Crippen LogP contribution < -0.4 is 5.43 Å². The number of nitrogens with zero attached hydrogens (tertiary/aromatic N) is 1. The minimum Gasteiger partial charge on any atom is -0.299 e. The van der Waals surface area contributed by atoms with Gasteiger partial charge in [0.25, 0.3) is 0 Å². The molecule has 0 saturated carbocycles. The van der Waals surface area contributed by atoms with E-state index in [0.29, 0.717) is 6.54 Å². The van der Waals surface area contributed by atoms with Gasteiger partial charge in [-0.3, -0.25) is 5.21 Å². The van der Waals surface area contributed by atoms with Crippen LogP contribution in [-0.2, 0) is 6.54 Å². The van der Waals surface area contributed by atoms with E-state index in [-0.39, 0.29) is 0 Å². The molecule has 0 fully saturated rings. The van der Waals surface area contributed by atoms with Gasteiger partial charge >= 0.3 is 0 Å². The number of rotatable bonds is 3. The van der Waals surface area contributed by atoms with Crippen molar-refractivity contribution in [2.75, 3.05) is 7.05 Å². The summed E-state index contributed by atoms with van der Waals surface area (Å²) in [6.07, 6.45) is 0. The Kier molecular flexibility index (Phi) is 3.04. The zero-order chi connectivity index (χ0) is 8.10. The number of hydrogen-bond acceptors (Lipinski definition) is 3. The molecule has 1 rings (SSSR count). The summed E-state index contributed by atoms with van der Waals surface area (Å²) in [6, 6.07) is 9.89. The lowest BCUT2D eigenvalue weighted by Crippen LogP contribution is -2.30. The summed E-state index contributed by atoms with van der Waals surface area (Å²) in [5.74, 6) is 0. The standard InChI is InChI=1S/C8H12N2O/c1-10(11)9-7-8-5-3-2-4-6-8/h2-6,9,11H,7H2,1H3. The van der Waals surface area contributed by atoms with Crippen molar-refractivity contribution in [1.82, 2.24) is 10.6 Å². The zero-order valence-corrected chi connectivity index (χ0v) is 6.49. The summed E-state index contributed by atoms with van der Waals surface area (Å²) in [5, 5.41) is 9.69. The third-order valence-electron chi connectivity index (χ3n) is 1.35. The lowest BCUT2D eigenvalue weighted by Gasteiger charge is -2.09. The van der Waals surface area contributed by atoms with Gasteiger partial charge in [-0.15, -0.1) is 5.17 Å². The molecule has 0 saturated heterocycles. The molecule has 3 nitrogen and oxygen atoms in total. The summed E-state index contributed by atoms with van der Waals surface area (Å²) < 4.78 is 0. The molecule has 0 unspecified atom stereocenters. The Balaban J connectivity index is 2.39. The molecule has 0 aliphatic rings. The summed E-state index contributed by atoms with van der Waals surface area (Å²) in [7, 11) is 1.54. The van der Waals surface area contributed by atoms with Gasteiger partial charge < -0.3 is 0 Å². The molecule has 0 aromatic heterocycles. The maximum atomic E-state index is 8.74. The summed E-state index contributed by atoms with van der Waals surface area (Å²) in [5.41, 5.74) is 3.90. The van der Waals surface area contributed by atoms with E-state index in [0.717, 1.165) is 10.7 Å². The normalized spacial score (nSPS) is 10.5. The van der Waals surface area contributed by atoms with E-state index in [4.69, 9.17) is 5.21 Å². The Morgan fingerprint density at radius 1 is 1.36 bits per heavy atom. The first-order valence-electron chi connectivity index (χ1n) is 3.49. The quantitative estimate of drug-likeness (QED) is 0.634. The monoisotopic (exact) mass is 152 g/mol. The molecule has 0 atom stereocenters. The van der Waals surface area contributed by atoms with E-state index in [1.807, 2.05) is 30.3 Å². The first kappa shape index (κ1) is 8.20. The van der Waals surface area contributed by atoms with Gasteiger partial charge in [0.15, 0.2) is 0 Å².